The quantitative estimate of drug-likeness (QED) is 0.632. The number of nitrogens with zero attached hydrogens (tertiary/aromatic N) is 1. The van der Waals surface area contributed by atoms with E-state index in [1.165, 1.54) is 18.2 Å². The Kier molecular flexibility index (Phi) is 3.62. The lowest BCUT2D eigenvalue weighted by Gasteiger charge is -2.07. The number of hydrogen-bond acceptors (Lipinski definition) is 1. The topological polar surface area (TPSA) is 20.7 Å². The van der Waals surface area contributed by atoms with Crippen LogP contribution in [-0.2, 0) is 6.54 Å². The molecule has 3 rings (SSSR count). The zero-order valence-corrected chi connectivity index (χ0v) is 12.9. The number of benzene rings is 2. The second-order valence-electron chi connectivity index (χ2n) is 4.54. The van der Waals surface area contributed by atoms with Crippen molar-refractivity contribution >= 4 is 39.2 Å². The number of fused-ring (bicyclic) bond motifs is 1. The summed E-state index contributed by atoms with van der Waals surface area (Å²) in [5, 5.41) is 0. The number of aromatic nitrogens is 2. The van der Waals surface area contributed by atoms with Crippen LogP contribution in [0.1, 0.15) is 5.56 Å². The van der Waals surface area contributed by atoms with Gasteiger partial charge in [0, 0.05) is 17.7 Å². The van der Waals surface area contributed by atoms with Gasteiger partial charge >= 0.3 is 0 Å². The Morgan fingerprint density at radius 1 is 1.10 bits per heavy atom. The van der Waals surface area contributed by atoms with Crippen LogP contribution in [0.3, 0.4) is 0 Å². The number of aromatic amines is 1. The Morgan fingerprint density at radius 3 is 2.57 bits per heavy atom. The van der Waals surface area contributed by atoms with E-state index < -0.39 is 17.5 Å². The first-order valence-corrected chi connectivity index (χ1v) is 7.17. The van der Waals surface area contributed by atoms with E-state index in [1.54, 1.807) is 10.6 Å². The van der Waals surface area contributed by atoms with Gasteiger partial charge in [-0.25, -0.2) is 13.2 Å². The molecule has 0 amide bonds. The summed E-state index contributed by atoms with van der Waals surface area (Å²) in [6.45, 7) is 0.128. The zero-order chi connectivity index (χ0) is 15.1. The maximum atomic E-state index is 13.8. The van der Waals surface area contributed by atoms with Gasteiger partial charge in [-0.2, -0.15) is 0 Å². The molecule has 0 unspecified atom stereocenters. The van der Waals surface area contributed by atoms with Crippen LogP contribution < -0.4 is 0 Å². The first kappa shape index (κ1) is 14.3. The predicted octanol–water partition coefficient (Wildman–Crippen LogP) is 4.93. The van der Waals surface area contributed by atoms with Gasteiger partial charge < -0.3 is 9.55 Å². The number of imidazole rings is 1. The number of hydrogen-bond donors (Lipinski definition) is 1. The summed E-state index contributed by atoms with van der Waals surface area (Å²) in [6.07, 6.45) is 0. The van der Waals surface area contributed by atoms with Crippen molar-refractivity contribution in [3.63, 3.8) is 0 Å². The molecule has 21 heavy (non-hydrogen) atoms. The van der Waals surface area contributed by atoms with Crippen LogP contribution >= 0.6 is 28.1 Å². The molecule has 0 spiro atoms. The lowest BCUT2D eigenvalue weighted by Crippen LogP contribution is -2.02. The highest BCUT2D eigenvalue weighted by atomic mass is 79.9. The Morgan fingerprint density at radius 2 is 1.86 bits per heavy atom. The Hall–Kier alpha value is -1.60. The molecule has 1 N–H and O–H groups in total. The maximum Gasteiger partial charge on any atom is 0.178 e. The Labute approximate surface area is 131 Å². The number of rotatable bonds is 2. The third-order valence-electron chi connectivity index (χ3n) is 3.16. The molecule has 1 heterocycles. The van der Waals surface area contributed by atoms with E-state index in [-0.39, 0.29) is 11.0 Å². The van der Waals surface area contributed by atoms with Crippen molar-refractivity contribution < 1.29 is 13.2 Å². The Bertz CT molecular complexity index is 901. The summed E-state index contributed by atoms with van der Waals surface area (Å²) in [5.41, 5.74) is 1.45. The number of halogens is 4. The third-order valence-corrected chi connectivity index (χ3v) is 4.09. The van der Waals surface area contributed by atoms with Crippen molar-refractivity contribution in [1.29, 1.82) is 0 Å². The number of H-pyrrole nitrogens is 1. The molecule has 0 saturated carbocycles. The molecule has 0 bridgehead atoms. The fourth-order valence-electron chi connectivity index (χ4n) is 2.13. The van der Waals surface area contributed by atoms with Crippen molar-refractivity contribution in [2.45, 2.75) is 6.54 Å². The highest BCUT2D eigenvalue weighted by molar-refractivity contribution is 9.10. The van der Waals surface area contributed by atoms with E-state index in [9.17, 15) is 13.2 Å². The van der Waals surface area contributed by atoms with E-state index in [0.29, 0.717) is 21.4 Å². The third kappa shape index (κ3) is 2.63. The fraction of sp³-hybridized carbons (Fsp3) is 0.0714. The van der Waals surface area contributed by atoms with Gasteiger partial charge in [0.2, 0.25) is 0 Å². The van der Waals surface area contributed by atoms with Gasteiger partial charge in [0.25, 0.3) is 0 Å². The van der Waals surface area contributed by atoms with Crippen LogP contribution in [0, 0.1) is 22.2 Å². The predicted molar refractivity (Wildman–Crippen MR) is 80.2 cm³/mol. The average Bonchev–Trinajstić information content (AvgIpc) is 2.69. The summed E-state index contributed by atoms with van der Waals surface area (Å²) < 4.78 is 42.5. The molecule has 2 nitrogen and oxygen atoms in total. The second kappa shape index (κ2) is 5.31. The van der Waals surface area contributed by atoms with Gasteiger partial charge in [-0.05, 0) is 40.3 Å². The van der Waals surface area contributed by atoms with Crippen molar-refractivity contribution in [3.8, 4) is 0 Å². The van der Waals surface area contributed by atoms with Crippen molar-refractivity contribution in [1.82, 2.24) is 9.55 Å². The van der Waals surface area contributed by atoms with E-state index in [0.717, 1.165) is 6.07 Å². The minimum absolute atomic E-state index is 0.128. The van der Waals surface area contributed by atoms with Crippen molar-refractivity contribution in [3.05, 3.63) is 62.6 Å². The largest absolute Gasteiger partial charge is 0.330 e. The van der Waals surface area contributed by atoms with Crippen LogP contribution in [0.2, 0.25) is 0 Å². The van der Waals surface area contributed by atoms with E-state index in [2.05, 4.69) is 20.9 Å². The van der Waals surface area contributed by atoms with Gasteiger partial charge in [-0.15, -0.1) is 0 Å². The van der Waals surface area contributed by atoms with E-state index >= 15 is 0 Å². The molecular weight excluding hydrogens is 365 g/mol. The SMILES string of the molecule is Fc1ccc(Cn2c(=S)[nH]c3cc(F)c(Br)cc32)c(F)c1. The van der Waals surface area contributed by atoms with Crippen LogP contribution in [0.25, 0.3) is 11.0 Å². The van der Waals surface area contributed by atoms with Crippen LogP contribution in [0.15, 0.2) is 34.8 Å². The van der Waals surface area contributed by atoms with Crippen LogP contribution in [0.5, 0.6) is 0 Å². The monoisotopic (exact) mass is 372 g/mol. The van der Waals surface area contributed by atoms with Gasteiger partial charge in [-0.1, -0.05) is 6.07 Å². The molecule has 0 atom stereocenters. The molecule has 0 aliphatic heterocycles. The summed E-state index contributed by atoms with van der Waals surface area (Å²) in [4.78, 5) is 2.87. The molecule has 3 aromatic rings. The van der Waals surface area contributed by atoms with Gasteiger partial charge in [0.1, 0.15) is 17.5 Å². The summed E-state index contributed by atoms with van der Waals surface area (Å²) >= 11 is 8.29. The van der Waals surface area contributed by atoms with Gasteiger partial charge in [0.05, 0.1) is 22.1 Å². The molecular formula is C14H8BrF3N2S. The maximum absolute atomic E-state index is 13.8. The minimum Gasteiger partial charge on any atom is -0.330 e. The second-order valence-corrected chi connectivity index (χ2v) is 5.78. The average molecular weight is 373 g/mol. The standard InChI is InChI=1S/C14H8BrF3N2S/c15-9-4-13-12(5-11(9)18)19-14(21)20(13)6-7-1-2-8(16)3-10(7)17/h1-5H,6H2,(H,19,21). The molecule has 0 saturated heterocycles. The molecule has 1 aromatic heterocycles. The first-order chi connectivity index (χ1) is 9.95. The molecule has 108 valence electrons. The van der Waals surface area contributed by atoms with E-state index in [4.69, 9.17) is 12.2 Å². The molecule has 0 aliphatic rings. The summed E-state index contributed by atoms with van der Waals surface area (Å²) in [6, 6.07) is 6.25. The normalized spacial score (nSPS) is 11.2. The molecule has 0 fully saturated rings. The summed E-state index contributed by atoms with van der Waals surface area (Å²) in [5.74, 6) is -1.70. The van der Waals surface area contributed by atoms with Crippen molar-refractivity contribution in [2.24, 2.45) is 0 Å². The molecule has 0 aliphatic carbocycles. The fourth-order valence-corrected chi connectivity index (χ4v) is 2.73. The Balaban J connectivity index is 2.14. The smallest absolute Gasteiger partial charge is 0.178 e. The highest BCUT2D eigenvalue weighted by Crippen LogP contribution is 2.24. The highest BCUT2D eigenvalue weighted by Gasteiger charge is 2.11. The molecule has 0 radical (unpaired) electrons. The molecule has 2 aromatic carbocycles. The van der Waals surface area contributed by atoms with Crippen LogP contribution in [0.4, 0.5) is 13.2 Å². The van der Waals surface area contributed by atoms with Crippen molar-refractivity contribution in [2.75, 3.05) is 0 Å². The van der Waals surface area contributed by atoms with Crippen LogP contribution in [-0.4, -0.2) is 9.55 Å². The molecule has 7 heteroatoms. The lowest BCUT2D eigenvalue weighted by atomic mass is 10.2. The first-order valence-electron chi connectivity index (χ1n) is 5.97. The van der Waals surface area contributed by atoms with E-state index in [1.807, 2.05) is 0 Å². The summed E-state index contributed by atoms with van der Waals surface area (Å²) in [7, 11) is 0. The minimum atomic E-state index is -0.646. The number of nitrogens with one attached hydrogen (secondary N) is 1. The van der Waals surface area contributed by atoms with Gasteiger partial charge in [-0.3, -0.25) is 0 Å². The lowest BCUT2D eigenvalue weighted by molar-refractivity contribution is 0.567. The van der Waals surface area contributed by atoms with Gasteiger partial charge in [0.15, 0.2) is 4.77 Å². The zero-order valence-electron chi connectivity index (χ0n) is 10.5.